The molecule has 2 heteroatoms. The van der Waals surface area contributed by atoms with Crippen molar-refractivity contribution in [3.63, 3.8) is 0 Å². The summed E-state index contributed by atoms with van der Waals surface area (Å²) < 4.78 is 6.86. The Morgan fingerprint density at radius 1 is 0.523 bits per heavy atom. The van der Waals surface area contributed by atoms with Crippen molar-refractivity contribution in [2.75, 3.05) is 4.90 Å². The molecule has 65 heavy (non-hydrogen) atoms. The molecule has 12 rings (SSSR count). The van der Waals surface area contributed by atoms with Crippen LogP contribution in [0.4, 0.5) is 11.4 Å². The van der Waals surface area contributed by atoms with Crippen molar-refractivity contribution in [3.8, 4) is 33.4 Å². The highest BCUT2D eigenvalue weighted by atomic mass is 16.3. The van der Waals surface area contributed by atoms with E-state index in [2.05, 4.69) is 207 Å². The predicted octanol–water partition coefficient (Wildman–Crippen LogP) is 17.8. The maximum atomic E-state index is 6.86. The van der Waals surface area contributed by atoms with Crippen LogP contribution in [0.1, 0.15) is 93.4 Å². The van der Waals surface area contributed by atoms with E-state index in [-0.39, 0.29) is 5.41 Å². The second-order valence-electron chi connectivity index (χ2n) is 19.3. The quantitative estimate of drug-likeness (QED) is 0.142. The van der Waals surface area contributed by atoms with E-state index in [4.69, 9.17) is 4.42 Å². The summed E-state index contributed by atoms with van der Waals surface area (Å²) in [7, 11) is 0. The molecule has 1 heterocycles. The third kappa shape index (κ3) is 6.94. The van der Waals surface area contributed by atoms with Crippen molar-refractivity contribution in [2.24, 2.45) is 5.92 Å². The highest BCUT2D eigenvalue weighted by molar-refractivity contribution is 6.12. The van der Waals surface area contributed by atoms with Gasteiger partial charge in [0.05, 0.1) is 0 Å². The van der Waals surface area contributed by atoms with Gasteiger partial charge in [-0.1, -0.05) is 166 Å². The summed E-state index contributed by atoms with van der Waals surface area (Å²) in [5, 5.41) is 2.37. The Balaban J connectivity index is 0.891. The number of benzene rings is 7. The molecule has 0 aliphatic heterocycles. The van der Waals surface area contributed by atoms with Crippen LogP contribution in [-0.2, 0) is 5.41 Å². The summed E-state index contributed by atoms with van der Waals surface area (Å²) in [6.45, 7) is 4.99. The topological polar surface area (TPSA) is 16.4 Å². The van der Waals surface area contributed by atoms with E-state index in [1.165, 1.54) is 92.4 Å². The lowest BCUT2D eigenvalue weighted by Crippen LogP contribution is -2.27. The zero-order valence-corrected chi connectivity index (χ0v) is 37.6. The number of nitrogens with zero attached hydrogens (tertiary/aromatic N) is 1. The summed E-state index contributed by atoms with van der Waals surface area (Å²) >= 11 is 0. The maximum absolute atomic E-state index is 6.86. The highest BCUT2D eigenvalue weighted by Gasteiger charge is 2.47. The average molecular weight is 842 g/mol. The van der Waals surface area contributed by atoms with E-state index < -0.39 is 0 Å². The molecular formula is C63H55NO. The van der Waals surface area contributed by atoms with Crippen LogP contribution in [0.3, 0.4) is 0 Å². The van der Waals surface area contributed by atoms with Gasteiger partial charge in [0.25, 0.3) is 0 Å². The monoisotopic (exact) mass is 841 g/mol. The molecule has 1 aromatic heterocycles. The first-order chi connectivity index (χ1) is 32.0. The fraction of sp³-hybridized carbons (Fsp3) is 0.206. The lowest BCUT2D eigenvalue weighted by molar-refractivity contribution is 0.300. The number of hydrogen-bond acceptors (Lipinski definition) is 2. The molecule has 4 aliphatic rings. The van der Waals surface area contributed by atoms with Crippen molar-refractivity contribution >= 4 is 44.5 Å². The lowest BCUT2D eigenvalue weighted by atomic mass is 9.70. The summed E-state index contributed by atoms with van der Waals surface area (Å²) in [4.78, 5) is 2.47. The third-order valence-electron chi connectivity index (χ3n) is 15.2. The van der Waals surface area contributed by atoms with Crippen LogP contribution in [-0.4, -0.2) is 0 Å². The normalized spacial score (nSPS) is 18.8. The molecule has 2 atom stereocenters. The molecule has 0 saturated carbocycles. The number of fused-ring (bicyclic) bond motifs is 6. The minimum absolute atomic E-state index is 0.150. The summed E-state index contributed by atoms with van der Waals surface area (Å²) in [5.74, 6) is 1.20. The van der Waals surface area contributed by atoms with Crippen LogP contribution in [0.15, 0.2) is 198 Å². The van der Waals surface area contributed by atoms with Gasteiger partial charge in [0.15, 0.2) is 0 Å². The van der Waals surface area contributed by atoms with Gasteiger partial charge in [0, 0.05) is 44.9 Å². The molecule has 0 saturated heterocycles. The Morgan fingerprint density at radius 2 is 1.17 bits per heavy atom. The first kappa shape index (κ1) is 39.7. The zero-order chi connectivity index (χ0) is 43.5. The van der Waals surface area contributed by atoms with Gasteiger partial charge >= 0.3 is 0 Å². The molecule has 2 nitrogen and oxygen atoms in total. The van der Waals surface area contributed by atoms with Gasteiger partial charge in [-0.2, -0.15) is 0 Å². The Bertz CT molecular complexity index is 3230. The second-order valence-corrected chi connectivity index (χ2v) is 19.3. The summed E-state index contributed by atoms with van der Waals surface area (Å²) in [6.07, 6.45) is 21.3. The molecule has 318 valence electrons. The average Bonchev–Trinajstić information content (AvgIpc) is 3.87. The van der Waals surface area contributed by atoms with E-state index in [0.717, 1.165) is 53.7 Å². The predicted molar refractivity (Wildman–Crippen MR) is 274 cm³/mol. The standard InChI is InChI=1S/C63H55NO/c1-63(2)59-28-10-9-21-55(59)56-25-12-22-52(60(56)63)46-33-39-51(40-34-46)64(49-35-29-43(30-36-49)42-15-5-3-6-16-42)50-37-31-44(32-38-50)47-19-11-20-48(41-47)54-24-14-27-58-57-26-13-23-53(61(57)65-62(54)58)45-17-7-4-8-18-45/h3,5-6,9,11-17,19-27,29-33,35-39,41,55,59H,4,7-8,10,18,28,34,40H2,1-2H3. The number of allylic oxidation sites excluding steroid dienone is 8. The molecule has 0 spiro atoms. The number of hydrogen-bond donors (Lipinski definition) is 0. The first-order valence-corrected chi connectivity index (χ1v) is 24.0. The molecule has 0 bridgehead atoms. The van der Waals surface area contributed by atoms with Crippen LogP contribution in [0, 0.1) is 5.92 Å². The largest absolute Gasteiger partial charge is 0.455 e. The van der Waals surface area contributed by atoms with Gasteiger partial charge < -0.3 is 9.32 Å². The van der Waals surface area contributed by atoms with Gasteiger partial charge in [-0.15, -0.1) is 0 Å². The summed E-state index contributed by atoms with van der Waals surface area (Å²) in [6, 6.07) is 58.3. The fourth-order valence-electron chi connectivity index (χ4n) is 12.0. The van der Waals surface area contributed by atoms with E-state index in [9.17, 15) is 0 Å². The molecule has 7 aromatic carbocycles. The van der Waals surface area contributed by atoms with Gasteiger partial charge in [0.1, 0.15) is 11.2 Å². The Hall–Kier alpha value is -6.90. The molecule has 0 radical (unpaired) electrons. The van der Waals surface area contributed by atoms with Crippen LogP contribution >= 0.6 is 0 Å². The molecule has 0 fully saturated rings. The Labute approximate surface area is 384 Å². The van der Waals surface area contributed by atoms with E-state index >= 15 is 0 Å². The maximum Gasteiger partial charge on any atom is 0.143 e. The van der Waals surface area contributed by atoms with Crippen molar-refractivity contribution < 1.29 is 4.42 Å². The summed E-state index contributed by atoms with van der Waals surface area (Å²) in [5.41, 5.74) is 21.6. The Morgan fingerprint density at radius 3 is 1.89 bits per heavy atom. The number of para-hydroxylation sites is 2. The molecule has 0 amide bonds. The van der Waals surface area contributed by atoms with Crippen LogP contribution in [0.5, 0.6) is 0 Å². The second kappa shape index (κ2) is 16.3. The van der Waals surface area contributed by atoms with Crippen molar-refractivity contribution in [1.29, 1.82) is 0 Å². The Kier molecular flexibility index (Phi) is 9.93. The lowest BCUT2D eigenvalue weighted by Gasteiger charge is -2.34. The smallest absolute Gasteiger partial charge is 0.143 e. The zero-order valence-electron chi connectivity index (χ0n) is 37.6. The molecular weight excluding hydrogens is 787 g/mol. The van der Waals surface area contributed by atoms with Gasteiger partial charge in [-0.05, 0) is 155 Å². The SMILES string of the molecule is CC1(C)c2c(C3=CC=C(N(c4ccc(-c5ccccc5)cc4)c4ccc(-c5cccc(-c6cccc7c6oc6c(C8=CCCCC8)cccc67)c5)cc4)CC3)cccc2C2C=CCCC21. The van der Waals surface area contributed by atoms with Gasteiger partial charge in [-0.25, -0.2) is 0 Å². The number of rotatable bonds is 8. The van der Waals surface area contributed by atoms with Crippen molar-refractivity contribution in [1.82, 2.24) is 0 Å². The molecule has 8 aromatic rings. The molecule has 4 aliphatic carbocycles. The minimum Gasteiger partial charge on any atom is -0.455 e. The van der Waals surface area contributed by atoms with Crippen molar-refractivity contribution in [3.05, 3.63) is 216 Å². The van der Waals surface area contributed by atoms with E-state index in [0.29, 0.717) is 11.8 Å². The number of anilines is 2. The van der Waals surface area contributed by atoms with Crippen LogP contribution in [0.25, 0.3) is 66.5 Å². The van der Waals surface area contributed by atoms with Crippen LogP contribution < -0.4 is 4.90 Å². The molecule has 2 unspecified atom stereocenters. The van der Waals surface area contributed by atoms with E-state index in [1.807, 2.05) is 0 Å². The van der Waals surface area contributed by atoms with Gasteiger partial charge in [-0.3, -0.25) is 0 Å². The molecule has 0 N–H and O–H groups in total. The highest BCUT2D eigenvalue weighted by Crippen LogP contribution is 2.57. The van der Waals surface area contributed by atoms with Crippen molar-refractivity contribution in [2.45, 2.75) is 76.5 Å². The van der Waals surface area contributed by atoms with Gasteiger partial charge in [0.2, 0.25) is 0 Å². The van der Waals surface area contributed by atoms with Crippen LogP contribution in [0.2, 0.25) is 0 Å². The number of furan rings is 1. The fourth-order valence-corrected chi connectivity index (χ4v) is 12.0. The minimum atomic E-state index is 0.150. The first-order valence-electron chi connectivity index (χ1n) is 24.0. The third-order valence-corrected chi connectivity index (χ3v) is 15.2. The van der Waals surface area contributed by atoms with E-state index in [1.54, 1.807) is 11.1 Å².